The summed E-state index contributed by atoms with van der Waals surface area (Å²) >= 11 is 6.22. The smallest absolute Gasteiger partial charge is 0.263 e. The van der Waals surface area contributed by atoms with Gasteiger partial charge >= 0.3 is 0 Å². The molecule has 5 aromatic carbocycles. The Morgan fingerprint density at radius 2 is 1.33 bits per heavy atom. The number of halogens is 1. The van der Waals surface area contributed by atoms with E-state index in [-0.39, 0.29) is 20.4 Å². The summed E-state index contributed by atoms with van der Waals surface area (Å²) in [5, 5.41) is 4.28. The second-order valence-electron chi connectivity index (χ2n) is 9.61. The van der Waals surface area contributed by atoms with Crippen LogP contribution in [0, 0.1) is 13.8 Å². The van der Waals surface area contributed by atoms with Gasteiger partial charge in [-0.25, -0.2) is 16.8 Å². The van der Waals surface area contributed by atoms with Gasteiger partial charge in [0.05, 0.1) is 21.3 Å². The highest BCUT2D eigenvalue weighted by atomic mass is 35.5. The molecule has 0 aliphatic heterocycles. The minimum Gasteiger partial charge on any atom is -0.322 e. The molecule has 0 saturated carbocycles. The molecule has 0 bridgehead atoms. The van der Waals surface area contributed by atoms with E-state index in [1.807, 2.05) is 43.3 Å². The summed E-state index contributed by atoms with van der Waals surface area (Å²) in [5.41, 5.74) is 2.91. The van der Waals surface area contributed by atoms with Crippen molar-refractivity contribution in [2.24, 2.45) is 0 Å². The number of rotatable bonds is 8. The normalized spacial score (nSPS) is 11.7. The lowest BCUT2D eigenvalue weighted by molar-refractivity contribution is 0.102. The number of hydrogen-bond acceptors (Lipinski definition) is 5. The number of carbonyl (C=O) groups is 1. The Bertz CT molecular complexity index is 2040. The maximum absolute atomic E-state index is 13.2. The van der Waals surface area contributed by atoms with Crippen molar-refractivity contribution in [2.75, 3.05) is 14.8 Å². The standard InChI is InChI=1S/C31H26ClN3O5S2/c1-20-7-5-11-28(21(20)2)34-42(39,40)30-19-23(13-18-27(30)32)31(36)33-24-14-16-25(17-15-24)41(37,38)35-29-12-6-9-22-8-3-4-10-26(22)29/h3-19,34-35H,1-2H3,(H,33,36). The summed E-state index contributed by atoms with van der Waals surface area (Å²) in [6, 6.07) is 27.6. The van der Waals surface area contributed by atoms with Gasteiger partial charge in [0.1, 0.15) is 4.90 Å². The van der Waals surface area contributed by atoms with Crippen molar-refractivity contribution in [3.8, 4) is 0 Å². The molecule has 0 spiro atoms. The largest absolute Gasteiger partial charge is 0.322 e. The predicted molar refractivity (Wildman–Crippen MR) is 167 cm³/mol. The molecule has 5 aromatic rings. The molecule has 0 aromatic heterocycles. The van der Waals surface area contributed by atoms with E-state index >= 15 is 0 Å². The van der Waals surface area contributed by atoms with Crippen molar-refractivity contribution in [3.05, 3.63) is 125 Å². The zero-order valence-electron chi connectivity index (χ0n) is 22.6. The molecule has 0 unspecified atom stereocenters. The van der Waals surface area contributed by atoms with Crippen LogP contribution in [0.25, 0.3) is 10.8 Å². The minimum atomic E-state index is -4.11. The first kappa shape index (κ1) is 29.1. The number of carbonyl (C=O) groups excluding carboxylic acids is 1. The van der Waals surface area contributed by atoms with Gasteiger partial charge in [-0.1, -0.05) is 60.1 Å². The zero-order chi connectivity index (χ0) is 30.1. The first-order chi connectivity index (χ1) is 19.9. The van der Waals surface area contributed by atoms with Gasteiger partial charge in [-0.3, -0.25) is 14.2 Å². The Morgan fingerprint density at radius 1 is 0.690 bits per heavy atom. The number of aryl methyl sites for hydroxylation is 1. The molecule has 8 nitrogen and oxygen atoms in total. The first-order valence-corrected chi connectivity index (χ1v) is 16.1. The maximum atomic E-state index is 13.2. The molecule has 42 heavy (non-hydrogen) atoms. The number of amides is 1. The van der Waals surface area contributed by atoms with Gasteiger partial charge in [0.2, 0.25) is 0 Å². The number of fused-ring (bicyclic) bond motifs is 1. The van der Waals surface area contributed by atoms with Gasteiger partial charge in [0.25, 0.3) is 26.0 Å². The molecule has 0 radical (unpaired) electrons. The van der Waals surface area contributed by atoms with E-state index in [0.717, 1.165) is 21.9 Å². The molecular formula is C31H26ClN3O5S2. The van der Waals surface area contributed by atoms with Gasteiger partial charge in [-0.15, -0.1) is 0 Å². The molecule has 5 rings (SSSR count). The number of sulfonamides is 2. The highest BCUT2D eigenvalue weighted by Gasteiger charge is 2.22. The predicted octanol–water partition coefficient (Wildman–Crippen LogP) is 6.96. The highest BCUT2D eigenvalue weighted by molar-refractivity contribution is 7.93. The van der Waals surface area contributed by atoms with Crippen LogP contribution >= 0.6 is 11.6 Å². The number of anilines is 3. The number of nitrogens with one attached hydrogen (secondary N) is 3. The number of hydrogen-bond donors (Lipinski definition) is 3. The lowest BCUT2D eigenvalue weighted by atomic mass is 10.1. The Kier molecular flexibility index (Phi) is 7.96. The van der Waals surface area contributed by atoms with E-state index in [1.165, 1.54) is 42.5 Å². The van der Waals surface area contributed by atoms with Gasteiger partial charge in [-0.2, -0.15) is 0 Å². The summed E-state index contributed by atoms with van der Waals surface area (Å²) in [6.07, 6.45) is 0. The van der Waals surface area contributed by atoms with Crippen LogP contribution in [-0.4, -0.2) is 22.7 Å². The summed E-state index contributed by atoms with van der Waals surface area (Å²) in [4.78, 5) is 12.8. The van der Waals surface area contributed by atoms with Crippen LogP contribution in [0.1, 0.15) is 21.5 Å². The van der Waals surface area contributed by atoms with E-state index in [9.17, 15) is 21.6 Å². The average molecular weight is 620 g/mol. The Morgan fingerprint density at radius 3 is 2.10 bits per heavy atom. The van der Waals surface area contributed by atoms with Crippen LogP contribution in [0.4, 0.5) is 17.1 Å². The van der Waals surface area contributed by atoms with E-state index < -0.39 is 26.0 Å². The molecule has 214 valence electrons. The highest BCUT2D eigenvalue weighted by Crippen LogP contribution is 2.29. The SMILES string of the molecule is Cc1cccc(NS(=O)(=O)c2cc(C(=O)Nc3ccc(S(=O)(=O)Nc4cccc5ccccc45)cc3)ccc2Cl)c1C. The van der Waals surface area contributed by atoms with Crippen LogP contribution in [0.3, 0.4) is 0 Å². The lowest BCUT2D eigenvalue weighted by Gasteiger charge is -2.14. The van der Waals surface area contributed by atoms with Crippen LogP contribution in [0.5, 0.6) is 0 Å². The molecule has 3 N–H and O–H groups in total. The van der Waals surface area contributed by atoms with Crippen molar-refractivity contribution < 1.29 is 21.6 Å². The third-order valence-electron chi connectivity index (χ3n) is 6.79. The van der Waals surface area contributed by atoms with Gasteiger partial charge in [0.15, 0.2) is 0 Å². The Labute approximate surface area is 249 Å². The number of benzene rings is 5. The molecule has 0 heterocycles. The molecule has 0 saturated heterocycles. The van der Waals surface area contributed by atoms with Crippen molar-refractivity contribution in [2.45, 2.75) is 23.6 Å². The van der Waals surface area contributed by atoms with Crippen molar-refractivity contribution >= 4 is 65.4 Å². The van der Waals surface area contributed by atoms with Crippen LogP contribution in [0.2, 0.25) is 5.02 Å². The average Bonchev–Trinajstić information content (AvgIpc) is 2.96. The molecule has 0 aliphatic rings. The minimum absolute atomic E-state index is 0.00539. The van der Waals surface area contributed by atoms with Crippen molar-refractivity contribution in [1.82, 2.24) is 0 Å². The summed E-state index contributed by atoms with van der Waals surface area (Å²) < 4.78 is 57.6. The summed E-state index contributed by atoms with van der Waals surface area (Å²) in [7, 11) is -8.02. The lowest BCUT2D eigenvalue weighted by Crippen LogP contribution is -2.17. The van der Waals surface area contributed by atoms with Gasteiger partial charge in [0, 0.05) is 16.6 Å². The molecule has 1 amide bonds. The van der Waals surface area contributed by atoms with E-state index in [1.54, 1.807) is 31.2 Å². The van der Waals surface area contributed by atoms with E-state index in [2.05, 4.69) is 14.8 Å². The van der Waals surface area contributed by atoms with Crippen molar-refractivity contribution in [3.63, 3.8) is 0 Å². The van der Waals surface area contributed by atoms with Crippen LogP contribution < -0.4 is 14.8 Å². The maximum Gasteiger partial charge on any atom is 0.263 e. The Hall–Kier alpha value is -4.38. The van der Waals surface area contributed by atoms with Crippen LogP contribution in [0.15, 0.2) is 113 Å². The second kappa shape index (κ2) is 11.5. The monoisotopic (exact) mass is 619 g/mol. The van der Waals surface area contributed by atoms with E-state index in [4.69, 9.17) is 11.6 Å². The molecule has 0 atom stereocenters. The van der Waals surface area contributed by atoms with Crippen molar-refractivity contribution in [1.29, 1.82) is 0 Å². The first-order valence-electron chi connectivity index (χ1n) is 12.8. The van der Waals surface area contributed by atoms with E-state index in [0.29, 0.717) is 17.1 Å². The second-order valence-corrected chi connectivity index (χ2v) is 13.3. The Balaban J connectivity index is 1.33. The summed E-state index contributed by atoms with van der Waals surface area (Å²) in [6.45, 7) is 3.67. The third-order valence-corrected chi connectivity index (χ3v) is 10.0. The third kappa shape index (κ3) is 6.11. The fourth-order valence-electron chi connectivity index (χ4n) is 4.35. The summed E-state index contributed by atoms with van der Waals surface area (Å²) in [5.74, 6) is -0.598. The molecule has 0 aliphatic carbocycles. The molecule has 11 heteroatoms. The zero-order valence-corrected chi connectivity index (χ0v) is 24.9. The van der Waals surface area contributed by atoms with Gasteiger partial charge in [-0.05, 0) is 85.0 Å². The van der Waals surface area contributed by atoms with Crippen LogP contribution in [-0.2, 0) is 20.0 Å². The van der Waals surface area contributed by atoms with Gasteiger partial charge < -0.3 is 5.32 Å². The fraction of sp³-hybridized carbons (Fsp3) is 0.0645. The molecular weight excluding hydrogens is 594 g/mol. The topological polar surface area (TPSA) is 121 Å². The quantitative estimate of drug-likeness (QED) is 0.173. The fourth-order valence-corrected chi connectivity index (χ4v) is 7.08. The molecule has 0 fully saturated rings.